The van der Waals surface area contributed by atoms with Crippen molar-refractivity contribution >= 4 is 17.6 Å². The second-order valence-electron chi connectivity index (χ2n) is 2.08. The third-order valence-electron chi connectivity index (χ3n) is 1.17. The SMILES string of the molecule is O=Cc1cccnc1.c1cscn1. The molecule has 0 bridgehead atoms. The minimum atomic E-state index is 0.618. The Morgan fingerprint density at radius 3 is 2.54 bits per heavy atom. The topological polar surface area (TPSA) is 42.9 Å². The second kappa shape index (κ2) is 6.02. The lowest BCUT2D eigenvalue weighted by atomic mass is 10.3. The van der Waals surface area contributed by atoms with Crippen LogP contribution in [0.2, 0.25) is 0 Å². The van der Waals surface area contributed by atoms with Crippen molar-refractivity contribution in [2.75, 3.05) is 0 Å². The molecular weight excluding hydrogens is 184 g/mol. The number of carbonyl (C=O) groups is 1. The van der Waals surface area contributed by atoms with E-state index in [0.717, 1.165) is 6.29 Å². The molecule has 0 saturated heterocycles. The van der Waals surface area contributed by atoms with Crippen LogP contribution in [-0.2, 0) is 0 Å². The van der Waals surface area contributed by atoms with Gasteiger partial charge in [0.2, 0.25) is 0 Å². The van der Waals surface area contributed by atoms with Crippen molar-refractivity contribution in [1.82, 2.24) is 9.97 Å². The van der Waals surface area contributed by atoms with Crippen molar-refractivity contribution in [2.24, 2.45) is 0 Å². The molecule has 0 fully saturated rings. The van der Waals surface area contributed by atoms with Crippen molar-refractivity contribution in [3.63, 3.8) is 0 Å². The minimum absolute atomic E-state index is 0.618. The van der Waals surface area contributed by atoms with E-state index in [2.05, 4.69) is 9.97 Å². The molecule has 4 heteroatoms. The summed E-state index contributed by atoms with van der Waals surface area (Å²) in [7, 11) is 0. The first kappa shape index (κ1) is 9.54. The predicted molar refractivity (Wildman–Crippen MR) is 51.7 cm³/mol. The molecule has 2 aromatic heterocycles. The maximum atomic E-state index is 9.97. The summed E-state index contributed by atoms with van der Waals surface area (Å²) in [5.41, 5.74) is 2.41. The van der Waals surface area contributed by atoms with Crippen molar-refractivity contribution < 1.29 is 4.79 Å². The first-order valence-corrected chi connectivity index (χ1v) is 4.55. The van der Waals surface area contributed by atoms with E-state index >= 15 is 0 Å². The monoisotopic (exact) mass is 192 g/mol. The van der Waals surface area contributed by atoms with E-state index in [9.17, 15) is 4.79 Å². The molecule has 3 nitrogen and oxygen atoms in total. The van der Waals surface area contributed by atoms with E-state index in [-0.39, 0.29) is 0 Å². The minimum Gasteiger partial charge on any atom is -0.298 e. The molecule has 0 unspecified atom stereocenters. The molecule has 0 aliphatic heterocycles. The van der Waals surface area contributed by atoms with Crippen molar-refractivity contribution in [3.05, 3.63) is 47.2 Å². The van der Waals surface area contributed by atoms with Crippen LogP contribution in [0.5, 0.6) is 0 Å². The molecule has 0 spiro atoms. The molecular formula is C9H8N2OS. The Morgan fingerprint density at radius 2 is 2.23 bits per heavy atom. The van der Waals surface area contributed by atoms with Crippen molar-refractivity contribution in [1.29, 1.82) is 0 Å². The smallest absolute Gasteiger partial charge is 0.151 e. The highest BCUT2D eigenvalue weighted by molar-refractivity contribution is 7.07. The van der Waals surface area contributed by atoms with Gasteiger partial charge in [0, 0.05) is 29.5 Å². The summed E-state index contributed by atoms with van der Waals surface area (Å²) in [5, 5.41) is 1.93. The van der Waals surface area contributed by atoms with Gasteiger partial charge in [0.25, 0.3) is 0 Å². The molecule has 2 aromatic rings. The fourth-order valence-electron chi connectivity index (χ4n) is 0.621. The Kier molecular flexibility index (Phi) is 4.42. The van der Waals surface area contributed by atoms with E-state index in [1.165, 1.54) is 6.20 Å². The van der Waals surface area contributed by atoms with Gasteiger partial charge in [0.15, 0.2) is 6.29 Å². The molecule has 66 valence electrons. The van der Waals surface area contributed by atoms with Crippen LogP contribution in [0, 0.1) is 0 Å². The number of aromatic nitrogens is 2. The molecule has 0 aliphatic carbocycles. The number of hydrogen-bond acceptors (Lipinski definition) is 4. The van der Waals surface area contributed by atoms with Crippen LogP contribution in [0.1, 0.15) is 10.4 Å². The fraction of sp³-hybridized carbons (Fsp3) is 0. The van der Waals surface area contributed by atoms with E-state index in [1.807, 2.05) is 5.38 Å². The van der Waals surface area contributed by atoms with Crippen LogP contribution in [0.25, 0.3) is 0 Å². The number of nitrogens with zero attached hydrogens (tertiary/aromatic N) is 2. The predicted octanol–water partition coefficient (Wildman–Crippen LogP) is 2.04. The van der Waals surface area contributed by atoms with Crippen LogP contribution < -0.4 is 0 Å². The lowest BCUT2D eigenvalue weighted by Gasteiger charge is -1.81. The number of pyridine rings is 1. The van der Waals surface area contributed by atoms with Gasteiger partial charge >= 0.3 is 0 Å². The van der Waals surface area contributed by atoms with E-state index < -0.39 is 0 Å². The molecule has 0 atom stereocenters. The lowest BCUT2D eigenvalue weighted by molar-refractivity contribution is 0.112. The summed E-state index contributed by atoms with van der Waals surface area (Å²) in [6.07, 6.45) is 5.69. The Bertz CT molecular complexity index is 303. The van der Waals surface area contributed by atoms with Crippen LogP contribution >= 0.6 is 11.3 Å². The van der Waals surface area contributed by atoms with Crippen LogP contribution in [0.3, 0.4) is 0 Å². The lowest BCUT2D eigenvalue weighted by Crippen LogP contribution is -1.77. The highest BCUT2D eigenvalue weighted by atomic mass is 32.1. The largest absolute Gasteiger partial charge is 0.298 e. The Balaban J connectivity index is 0.000000145. The van der Waals surface area contributed by atoms with Crippen LogP contribution in [0.15, 0.2) is 41.6 Å². The zero-order chi connectivity index (χ0) is 9.36. The molecule has 0 aliphatic rings. The highest BCUT2D eigenvalue weighted by Crippen LogP contribution is 1.87. The molecule has 2 heterocycles. The molecule has 2 rings (SSSR count). The molecule has 0 aromatic carbocycles. The summed E-state index contributed by atoms with van der Waals surface area (Å²) < 4.78 is 0. The summed E-state index contributed by atoms with van der Waals surface area (Å²) in [4.78, 5) is 17.4. The summed E-state index contributed by atoms with van der Waals surface area (Å²) >= 11 is 1.60. The Morgan fingerprint density at radius 1 is 1.31 bits per heavy atom. The first-order valence-electron chi connectivity index (χ1n) is 3.61. The van der Waals surface area contributed by atoms with Crippen LogP contribution in [0.4, 0.5) is 0 Å². The molecule has 13 heavy (non-hydrogen) atoms. The van der Waals surface area contributed by atoms with Gasteiger partial charge in [-0.15, -0.1) is 11.3 Å². The fourth-order valence-corrected chi connectivity index (χ4v) is 0.973. The average molecular weight is 192 g/mol. The zero-order valence-corrected chi connectivity index (χ0v) is 7.65. The maximum absolute atomic E-state index is 9.97. The number of carbonyl (C=O) groups excluding carboxylic acids is 1. The summed E-state index contributed by atoms with van der Waals surface area (Å²) in [6.45, 7) is 0. The quantitative estimate of drug-likeness (QED) is 0.649. The zero-order valence-electron chi connectivity index (χ0n) is 6.83. The third-order valence-corrected chi connectivity index (χ3v) is 1.69. The van der Waals surface area contributed by atoms with E-state index in [4.69, 9.17) is 0 Å². The summed E-state index contributed by atoms with van der Waals surface area (Å²) in [6, 6.07) is 3.43. The van der Waals surface area contributed by atoms with E-state index in [1.54, 1.807) is 41.4 Å². The van der Waals surface area contributed by atoms with Gasteiger partial charge in [-0.25, -0.2) is 0 Å². The van der Waals surface area contributed by atoms with Gasteiger partial charge in [-0.1, -0.05) is 0 Å². The molecule has 0 N–H and O–H groups in total. The molecule has 0 radical (unpaired) electrons. The Hall–Kier alpha value is -1.55. The van der Waals surface area contributed by atoms with Gasteiger partial charge in [-0.05, 0) is 12.1 Å². The van der Waals surface area contributed by atoms with E-state index in [0.29, 0.717) is 5.56 Å². The van der Waals surface area contributed by atoms with Crippen molar-refractivity contribution in [2.45, 2.75) is 0 Å². The average Bonchev–Trinajstić information content (AvgIpc) is 2.77. The normalized spacial score (nSPS) is 8.31. The standard InChI is InChI=1S/C6H5NO.C3H3NS/c8-5-6-2-1-3-7-4-6;1-2-5-3-4-1/h1-5H;1-3H. The second-order valence-corrected chi connectivity index (χ2v) is 2.84. The Labute approximate surface area is 80.1 Å². The number of thiazole rings is 1. The van der Waals surface area contributed by atoms with Gasteiger partial charge < -0.3 is 0 Å². The van der Waals surface area contributed by atoms with Crippen molar-refractivity contribution in [3.8, 4) is 0 Å². The highest BCUT2D eigenvalue weighted by Gasteiger charge is 1.81. The van der Waals surface area contributed by atoms with Crippen LogP contribution in [-0.4, -0.2) is 16.3 Å². The number of hydrogen-bond donors (Lipinski definition) is 0. The first-order chi connectivity index (χ1) is 6.43. The maximum Gasteiger partial charge on any atom is 0.151 e. The van der Waals surface area contributed by atoms with Gasteiger partial charge in [0.1, 0.15) is 0 Å². The third kappa shape index (κ3) is 4.12. The van der Waals surface area contributed by atoms with Gasteiger partial charge in [-0.3, -0.25) is 14.8 Å². The van der Waals surface area contributed by atoms with Gasteiger partial charge in [0.05, 0.1) is 5.51 Å². The number of aldehydes is 1. The number of rotatable bonds is 1. The molecule has 0 saturated carbocycles. The van der Waals surface area contributed by atoms with Gasteiger partial charge in [-0.2, -0.15) is 0 Å². The summed E-state index contributed by atoms with van der Waals surface area (Å²) in [5.74, 6) is 0. The molecule has 0 amide bonds.